The Kier molecular flexibility index (Phi) is 13.9. The summed E-state index contributed by atoms with van der Waals surface area (Å²) in [5.74, 6) is 0. The Bertz CT molecular complexity index is 5250. The highest BCUT2D eigenvalue weighted by Crippen LogP contribution is 2.59. The average molecular weight is 1230 g/mol. The maximum absolute atomic E-state index is 2.68. The summed E-state index contributed by atoms with van der Waals surface area (Å²) in [7, 11) is 0. The van der Waals surface area contributed by atoms with Crippen LogP contribution in [0.15, 0.2) is 380 Å². The van der Waals surface area contributed by atoms with Crippen LogP contribution < -0.4 is 26.2 Å². The topological polar surface area (TPSA) is 6.48 Å². The highest BCUT2D eigenvalue weighted by Gasteiger charge is 2.48. The maximum Gasteiger partial charge on any atom is 0.249 e. The zero-order chi connectivity index (χ0) is 62.8. The van der Waals surface area contributed by atoms with E-state index in [4.69, 9.17) is 0 Å². The van der Waals surface area contributed by atoms with E-state index in [0.29, 0.717) is 0 Å². The number of nitrogens with zero attached hydrogens (tertiary/aromatic N) is 2. The fraction of sp³-hybridized carbons (Fsp3) is 0.0110. The van der Waals surface area contributed by atoms with Gasteiger partial charge in [-0.2, -0.15) is 0 Å². The van der Waals surface area contributed by atoms with Crippen molar-refractivity contribution in [3.8, 4) is 77.9 Å². The number of rotatable bonds is 11. The van der Waals surface area contributed by atoms with Crippen LogP contribution in [0.25, 0.3) is 77.9 Å². The van der Waals surface area contributed by atoms with Gasteiger partial charge in [0.15, 0.2) is 0 Å². The van der Waals surface area contributed by atoms with Gasteiger partial charge >= 0.3 is 0 Å². The summed E-state index contributed by atoms with van der Waals surface area (Å²) in [6.45, 7) is -0.120. The summed E-state index contributed by atoms with van der Waals surface area (Å²) in [5.41, 5.74) is 31.2. The predicted octanol–water partition coefficient (Wildman–Crippen LogP) is 22.3. The van der Waals surface area contributed by atoms with Crippen LogP contribution in [0.5, 0.6) is 0 Å². The largest absolute Gasteiger partial charge is 0.310 e. The average Bonchev–Trinajstić information content (AvgIpc) is 0.702. The van der Waals surface area contributed by atoms with E-state index < -0.39 is 5.41 Å². The molecule has 0 aliphatic carbocycles. The van der Waals surface area contributed by atoms with Gasteiger partial charge in [0.25, 0.3) is 0 Å². The Balaban J connectivity index is 0.948. The van der Waals surface area contributed by atoms with Crippen molar-refractivity contribution in [2.24, 2.45) is 0 Å². The van der Waals surface area contributed by atoms with Gasteiger partial charge in [-0.25, -0.2) is 0 Å². The second kappa shape index (κ2) is 23.5. The first-order chi connectivity index (χ1) is 47.1. The lowest BCUT2D eigenvalue weighted by molar-refractivity contribution is 0.731. The Morgan fingerprint density at radius 1 is 0.242 bits per heavy atom. The lowest BCUT2D eigenvalue weighted by Gasteiger charge is -2.46. The van der Waals surface area contributed by atoms with Crippen molar-refractivity contribution in [2.75, 3.05) is 9.80 Å². The zero-order valence-electron chi connectivity index (χ0n) is 52.1. The highest BCUT2D eigenvalue weighted by atomic mass is 32.2. The van der Waals surface area contributed by atoms with E-state index >= 15 is 0 Å². The first-order valence-corrected chi connectivity index (χ1v) is 33.6. The molecule has 0 spiro atoms. The Labute approximate surface area is 560 Å². The molecule has 0 N–H and O–H groups in total. The molecule has 0 bridgehead atoms. The van der Waals surface area contributed by atoms with Gasteiger partial charge in [0.1, 0.15) is 0 Å². The molecule has 15 aromatic carbocycles. The minimum absolute atomic E-state index is 0.120. The van der Waals surface area contributed by atoms with Crippen LogP contribution >= 0.6 is 11.8 Å². The van der Waals surface area contributed by atoms with E-state index in [-0.39, 0.29) is 6.71 Å². The molecule has 444 valence electrons. The molecule has 0 saturated carbocycles. The fourth-order valence-corrected chi connectivity index (χ4v) is 16.7. The van der Waals surface area contributed by atoms with Crippen molar-refractivity contribution >= 4 is 69.0 Å². The third-order valence-corrected chi connectivity index (χ3v) is 20.9. The number of anilines is 6. The van der Waals surface area contributed by atoms with Crippen LogP contribution in [-0.2, 0) is 5.41 Å². The molecule has 0 atom stereocenters. The van der Waals surface area contributed by atoms with E-state index in [2.05, 4.69) is 380 Å². The van der Waals surface area contributed by atoms with Crippen molar-refractivity contribution in [3.05, 3.63) is 392 Å². The lowest BCUT2D eigenvalue weighted by Crippen LogP contribution is -2.60. The molecule has 0 aromatic heterocycles. The van der Waals surface area contributed by atoms with Crippen LogP contribution in [0.2, 0.25) is 0 Å². The molecule has 3 aliphatic rings. The van der Waals surface area contributed by atoms with Gasteiger partial charge in [-0.1, -0.05) is 321 Å². The lowest BCUT2D eigenvalue weighted by atomic mass is 9.34. The SMILES string of the molecule is c1ccc(-c2cccc(-c3cccc(-c4cccc(-c5ccccc5)c4)c3N3c4ccc(-c5ccccc5)cc4B4c5cc(-c6ccccc6)ccc5Sc5cc(-c6ccc7c(c6)C(c6ccccc6)(c6ccccc6)c6ccccc6N7c6ccccc6)cc3c54)c2)cc1. The van der Waals surface area contributed by atoms with Gasteiger partial charge in [0, 0.05) is 38.0 Å². The first kappa shape index (κ1) is 56.1. The van der Waals surface area contributed by atoms with E-state index in [9.17, 15) is 0 Å². The van der Waals surface area contributed by atoms with Crippen LogP contribution in [-0.4, -0.2) is 6.71 Å². The normalized spacial score (nSPS) is 13.0. The number of hydrogen-bond acceptors (Lipinski definition) is 3. The zero-order valence-corrected chi connectivity index (χ0v) is 52.9. The summed E-state index contributed by atoms with van der Waals surface area (Å²) in [4.78, 5) is 7.66. The molecule has 15 aromatic rings. The predicted molar refractivity (Wildman–Crippen MR) is 401 cm³/mol. The third-order valence-electron chi connectivity index (χ3n) is 19.8. The van der Waals surface area contributed by atoms with E-state index in [1.54, 1.807) is 0 Å². The van der Waals surface area contributed by atoms with Crippen molar-refractivity contribution in [1.82, 2.24) is 0 Å². The molecule has 0 fully saturated rings. The van der Waals surface area contributed by atoms with E-state index in [1.807, 2.05) is 11.8 Å². The minimum atomic E-state index is -0.703. The van der Waals surface area contributed by atoms with E-state index in [1.165, 1.54) is 92.9 Å². The number of hydrogen-bond donors (Lipinski definition) is 0. The molecule has 0 amide bonds. The monoisotopic (exact) mass is 1220 g/mol. The van der Waals surface area contributed by atoms with Crippen molar-refractivity contribution in [1.29, 1.82) is 0 Å². The highest BCUT2D eigenvalue weighted by molar-refractivity contribution is 8.00. The first-order valence-electron chi connectivity index (χ1n) is 32.8. The van der Waals surface area contributed by atoms with Crippen molar-refractivity contribution in [2.45, 2.75) is 15.2 Å². The fourth-order valence-electron chi connectivity index (χ4n) is 15.5. The Morgan fingerprint density at radius 2 is 0.663 bits per heavy atom. The molecular formula is C91H61BN2S. The molecule has 3 aliphatic heterocycles. The summed E-state index contributed by atoms with van der Waals surface area (Å²) < 4.78 is 0. The van der Waals surface area contributed by atoms with Gasteiger partial charge in [0.05, 0.1) is 22.5 Å². The molecule has 18 rings (SSSR count). The summed E-state index contributed by atoms with van der Waals surface area (Å²) in [6, 6.07) is 138. The van der Waals surface area contributed by atoms with Crippen LogP contribution in [0.4, 0.5) is 34.1 Å². The number of benzene rings is 15. The maximum atomic E-state index is 2.68. The Morgan fingerprint density at radius 3 is 1.22 bits per heavy atom. The third kappa shape index (κ3) is 9.51. The van der Waals surface area contributed by atoms with Gasteiger partial charge in [-0.3, -0.25) is 0 Å². The quantitative estimate of drug-likeness (QED) is 0.119. The van der Waals surface area contributed by atoms with Gasteiger partial charge in [-0.05, 0) is 167 Å². The number of fused-ring (bicyclic) bond motifs is 6. The van der Waals surface area contributed by atoms with Crippen molar-refractivity contribution < 1.29 is 0 Å². The van der Waals surface area contributed by atoms with Gasteiger partial charge in [0.2, 0.25) is 6.71 Å². The molecular weight excluding hydrogens is 1160 g/mol. The standard InChI is InChI=1S/C91H61BN2S/c1-8-27-62(28-9-1)66-35-24-37-71(55-66)77-45-26-46-78(72-38-25-36-67(56-72)63-29-10-2-11-30-63)90(77)94-85-53-50-69(64-31-12-3-13-32-64)58-81(85)92-82-59-70(65-33-14-4-15-34-65)51-54-87(82)95-88-61-73(60-86(94)89(88)92)68-49-52-84-80(57-68)91(74-39-16-5-17-40-74,75-41-18-6-19-42-75)79-47-22-23-48-83(79)93(84)76-43-20-7-21-44-76/h1-61H. The van der Waals surface area contributed by atoms with Crippen LogP contribution in [0, 0.1) is 0 Å². The molecule has 2 nitrogen and oxygen atoms in total. The molecule has 4 heteroatoms. The van der Waals surface area contributed by atoms with E-state index in [0.717, 1.165) is 67.5 Å². The summed E-state index contributed by atoms with van der Waals surface area (Å²) >= 11 is 1.91. The molecule has 0 unspecified atom stereocenters. The van der Waals surface area contributed by atoms with Crippen LogP contribution in [0.1, 0.15) is 22.3 Å². The summed E-state index contributed by atoms with van der Waals surface area (Å²) in [6.07, 6.45) is 0. The van der Waals surface area contributed by atoms with Crippen LogP contribution in [0.3, 0.4) is 0 Å². The van der Waals surface area contributed by atoms with Gasteiger partial charge in [-0.15, -0.1) is 0 Å². The minimum Gasteiger partial charge on any atom is -0.310 e. The van der Waals surface area contributed by atoms with Gasteiger partial charge < -0.3 is 9.80 Å². The Hall–Kier alpha value is -11.7. The molecule has 95 heavy (non-hydrogen) atoms. The number of para-hydroxylation sites is 3. The smallest absolute Gasteiger partial charge is 0.249 e. The van der Waals surface area contributed by atoms with Crippen molar-refractivity contribution in [3.63, 3.8) is 0 Å². The second-order valence-corrected chi connectivity index (χ2v) is 26.1. The molecule has 0 saturated heterocycles. The molecule has 3 heterocycles. The summed E-state index contributed by atoms with van der Waals surface area (Å²) in [5, 5.41) is 0. The molecule has 0 radical (unpaired) electrons. The second-order valence-electron chi connectivity index (χ2n) is 25.0.